The van der Waals surface area contributed by atoms with Gasteiger partial charge in [0, 0.05) is 12.6 Å². The molecule has 0 amide bonds. The molecule has 1 aromatic rings. The summed E-state index contributed by atoms with van der Waals surface area (Å²) in [5.74, 6) is -1.59. The molecule has 1 N–H and O–H groups in total. The van der Waals surface area contributed by atoms with Crippen LogP contribution in [0.2, 0.25) is 0 Å². The van der Waals surface area contributed by atoms with Gasteiger partial charge in [-0.15, -0.1) is 0 Å². The Morgan fingerprint density at radius 3 is 2.89 bits per heavy atom. The molecule has 19 heavy (non-hydrogen) atoms. The smallest absolute Gasteiger partial charge is 0.308 e. The van der Waals surface area contributed by atoms with E-state index in [4.69, 9.17) is 10.4 Å². The molecular weight excluding hydrogens is 247 g/mol. The molecule has 0 radical (unpaired) electrons. The highest BCUT2D eigenvalue weighted by Gasteiger charge is 2.35. The van der Waals surface area contributed by atoms with E-state index in [9.17, 15) is 9.18 Å². The number of rotatable bonds is 3. The molecular formula is C14H15FN2O2. The Morgan fingerprint density at radius 1 is 1.58 bits per heavy atom. The Labute approximate surface area is 111 Å². The van der Waals surface area contributed by atoms with Crippen LogP contribution in [-0.4, -0.2) is 28.6 Å². The summed E-state index contributed by atoms with van der Waals surface area (Å²) in [6, 6.07) is 6.07. The zero-order chi connectivity index (χ0) is 14.0. The SMILES string of the molecule is CC1C(C(=O)O)CCN1Cc1cc(F)cc(C#N)c1. The van der Waals surface area contributed by atoms with Gasteiger partial charge in [-0.25, -0.2) is 4.39 Å². The fourth-order valence-electron chi connectivity index (χ4n) is 2.60. The molecule has 0 saturated carbocycles. The van der Waals surface area contributed by atoms with Crippen LogP contribution in [0.1, 0.15) is 24.5 Å². The molecule has 1 aliphatic heterocycles. The van der Waals surface area contributed by atoms with Crippen LogP contribution in [-0.2, 0) is 11.3 Å². The summed E-state index contributed by atoms with van der Waals surface area (Å²) in [5, 5.41) is 17.9. The summed E-state index contributed by atoms with van der Waals surface area (Å²) in [6.45, 7) is 3.02. The van der Waals surface area contributed by atoms with Gasteiger partial charge in [0.1, 0.15) is 5.82 Å². The van der Waals surface area contributed by atoms with Crippen molar-refractivity contribution in [3.8, 4) is 6.07 Å². The molecule has 0 bridgehead atoms. The third-order valence-corrected chi connectivity index (χ3v) is 3.68. The van der Waals surface area contributed by atoms with E-state index in [-0.39, 0.29) is 17.5 Å². The van der Waals surface area contributed by atoms with Crippen molar-refractivity contribution in [3.63, 3.8) is 0 Å². The topological polar surface area (TPSA) is 64.3 Å². The van der Waals surface area contributed by atoms with Crippen molar-refractivity contribution < 1.29 is 14.3 Å². The van der Waals surface area contributed by atoms with E-state index < -0.39 is 11.8 Å². The van der Waals surface area contributed by atoms with Crippen molar-refractivity contribution in [2.75, 3.05) is 6.54 Å². The van der Waals surface area contributed by atoms with Gasteiger partial charge in [-0.05, 0) is 43.7 Å². The molecule has 2 unspecified atom stereocenters. The fraction of sp³-hybridized carbons (Fsp3) is 0.429. The van der Waals surface area contributed by atoms with Gasteiger partial charge < -0.3 is 5.11 Å². The van der Waals surface area contributed by atoms with Crippen LogP contribution in [0.4, 0.5) is 4.39 Å². The Morgan fingerprint density at radius 2 is 2.32 bits per heavy atom. The minimum absolute atomic E-state index is 0.0775. The van der Waals surface area contributed by atoms with E-state index in [0.717, 1.165) is 0 Å². The molecule has 1 aromatic carbocycles. The summed E-state index contributed by atoms with van der Waals surface area (Å²) >= 11 is 0. The molecule has 1 heterocycles. The van der Waals surface area contributed by atoms with E-state index >= 15 is 0 Å². The Bertz CT molecular complexity index is 539. The molecule has 0 aromatic heterocycles. The number of carboxylic acid groups (broad SMARTS) is 1. The standard InChI is InChI=1S/C14H15FN2O2/c1-9-13(14(18)19)2-3-17(9)8-11-4-10(7-16)5-12(15)6-11/h4-6,9,13H,2-3,8H2,1H3,(H,18,19). The maximum atomic E-state index is 13.3. The number of aliphatic carboxylic acids is 1. The summed E-state index contributed by atoms with van der Waals surface area (Å²) in [4.78, 5) is 13.0. The molecule has 1 aliphatic rings. The van der Waals surface area contributed by atoms with Crippen molar-refractivity contribution in [2.24, 2.45) is 5.92 Å². The van der Waals surface area contributed by atoms with Crippen LogP contribution in [0.25, 0.3) is 0 Å². The first kappa shape index (κ1) is 13.5. The van der Waals surface area contributed by atoms with E-state index in [1.165, 1.54) is 12.1 Å². The molecule has 2 rings (SSSR count). The van der Waals surface area contributed by atoms with E-state index in [1.807, 2.05) is 17.9 Å². The predicted octanol–water partition coefficient (Wildman–Crippen LogP) is 1.99. The van der Waals surface area contributed by atoms with E-state index in [0.29, 0.717) is 25.1 Å². The minimum atomic E-state index is -0.785. The zero-order valence-electron chi connectivity index (χ0n) is 10.6. The van der Waals surface area contributed by atoms with Crippen molar-refractivity contribution in [1.29, 1.82) is 5.26 Å². The molecule has 5 heteroatoms. The number of hydrogen-bond donors (Lipinski definition) is 1. The van der Waals surface area contributed by atoms with Crippen molar-refractivity contribution in [1.82, 2.24) is 4.90 Å². The first-order valence-electron chi connectivity index (χ1n) is 6.17. The van der Waals surface area contributed by atoms with Crippen LogP contribution in [0.5, 0.6) is 0 Å². The highest BCUT2D eigenvalue weighted by Crippen LogP contribution is 2.26. The molecule has 4 nitrogen and oxygen atoms in total. The average Bonchev–Trinajstić information content (AvgIpc) is 2.70. The number of nitrogens with zero attached hydrogens (tertiary/aromatic N) is 2. The van der Waals surface area contributed by atoms with Crippen LogP contribution in [0.15, 0.2) is 18.2 Å². The summed E-state index contributed by atoms with van der Waals surface area (Å²) in [6.07, 6.45) is 0.608. The second kappa shape index (κ2) is 5.37. The minimum Gasteiger partial charge on any atom is -0.481 e. The zero-order valence-corrected chi connectivity index (χ0v) is 10.6. The van der Waals surface area contributed by atoms with Gasteiger partial charge in [0.2, 0.25) is 0 Å². The molecule has 0 spiro atoms. The number of likely N-dealkylation sites (tertiary alicyclic amines) is 1. The van der Waals surface area contributed by atoms with Crippen molar-refractivity contribution in [3.05, 3.63) is 35.1 Å². The highest BCUT2D eigenvalue weighted by atomic mass is 19.1. The summed E-state index contributed by atoms with van der Waals surface area (Å²) < 4.78 is 13.3. The second-order valence-electron chi connectivity index (χ2n) is 4.90. The first-order valence-corrected chi connectivity index (χ1v) is 6.17. The average molecular weight is 262 g/mol. The molecule has 1 saturated heterocycles. The van der Waals surface area contributed by atoms with Gasteiger partial charge in [0.25, 0.3) is 0 Å². The number of halogens is 1. The third-order valence-electron chi connectivity index (χ3n) is 3.68. The number of carbonyl (C=O) groups is 1. The first-order chi connectivity index (χ1) is 9.01. The Hall–Kier alpha value is -1.93. The summed E-state index contributed by atoms with van der Waals surface area (Å²) in [7, 11) is 0. The lowest BCUT2D eigenvalue weighted by Crippen LogP contribution is -2.32. The van der Waals surface area contributed by atoms with Crippen molar-refractivity contribution in [2.45, 2.75) is 25.9 Å². The maximum absolute atomic E-state index is 13.3. The lowest BCUT2D eigenvalue weighted by atomic mass is 10.0. The lowest BCUT2D eigenvalue weighted by molar-refractivity contribution is -0.142. The largest absolute Gasteiger partial charge is 0.481 e. The Kier molecular flexibility index (Phi) is 3.82. The quantitative estimate of drug-likeness (QED) is 0.904. The molecule has 0 aliphatic carbocycles. The number of benzene rings is 1. The highest BCUT2D eigenvalue weighted by molar-refractivity contribution is 5.71. The normalized spacial score (nSPS) is 23.2. The number of carboxylic acids is 1. The monoisotopic (exact) mass is 262 g/mol. The molecule has 2 atom stereocenters. The van der Waals surface area contributed by atoms with Gasteiger partial charge in [-0.3, -0.25) is 9.69 Å². The molecule has 1 fully saturated rings. The van der Waals surface area contributed by atoms with Gasteiger partial charge in [0.15, 0.2) is 0 Å². The van der Waals surface area contributed by atoms with Crippen LogP contribution in [0.3, 0.4) is 0 Å². The van der Waals surface area contributed by atoms with Gasteiger partial charge in [-0.1, -0.05) is 0 Å². The van der Waals surface area contributed by atoms with E-state index in [1.54, 1.807) is 6.07 Å². The molecule has 100 valence electrons. The number of nitriles is 1. The van der Waals surface area contributed by atoms with Crippen LogP contribution >= 0.6 is 0 Å². The lowest BCUT2D eigenvalue weighted by Gasteiger charge is -2.23. The van der Waals surface area contributed by atoms with Crippen LogP contribution in [0, 0.1) is 23.1 Å². The summed E-state index contributed by atoms with van der Waals surface area (Å²) in [5.41, 5.74) is 0.992. The fourth-order valence-corrected chi connectivity index (χ4v) is 2.60. The predicted molar refractivity (Wildman–Crippen MR) is 66.7 cm³/mol. The number of hydrogen-bond acceptors (Lipinski definition) is 3. The third kappa shape index (κ3) is 2.91. The van der Waals surface area contributed by atoms with Gasteiger partial charge in [-0.2, -0.15) is 5.26 Å². The second-order valence-corrected chi connectivity index (χ2v) is 4.90. The maximum Gasteiger partial charge on any atom is 0.308 e. The van der Waals surface area contributed by atoms with Gasteiger partial charge in [0.05, 0.1) is 17.6 Å². The Balaban J connectivity index is 2.12. The van der Waals surface area contributed by atoms with E-state index in [2.05, 4.69) is 0 Å². The van der Waals surface area contributed by atoms with Crippen LogP contribution < -0.4 is 0 Å². The van der Waals surface area contributed by atoms with Crippen molar-refractivity contribution >= 4 is 5.97 Å². The van der Waals surface area contributed by atoms with Gasteiger partial charge >= 0.3 is 5.97 Å².